The van der Waals surface area contributed by atoms with Gasteiger partial charge in [0, 0.05) is 51.6 Å². The number of likely N-dealkylation sites (tertiary alicyclic amines) is 1. The molecule has 1 atom stereocenters. The third-order valence-corrected chi connectivity index (χ3v) is 5.03. The van der Waals surface area contributed by atoms with Gasteiger partial charge in [-0.1, -0.05) is 27.7 Å². The molecule has 0 N–H and O–H groups in total. The molecular weight excluding hydrogens is 286 g/mol. The number of hydrogen-bond acceptors (Lipinski definition) is 4. The number of aromatic nitrogens is 3. The van der Waals surface area contributed by atoms with E-state index >= 15 is 0 Å². The maximum Gasteiger partial charge on any atom is 0.137 e. The monoisotopic (exact) mass is 319 g/mol. The summed E-state index contributed by atoms with van der Waals surface area (Å²) in [5.74, 6) is 4.50. The molecule has 130 valence electrons. The standard InChI is InChI=1S/C18H33N5/c1-14(2)11-21-8-6-17-19-20-18(23(17)10-9-21)16-5-7-22(13-16)12-15(3)4/h14-16H,5-13H2,1-4H3. The fourth-order valence-electron chi connectivity index (χ4n) is 4.12. The van der Waals surface area contributed by atoms with Crippen molar-refractivity contribution in [1.82, 2.24) is 24.6 Å². The molecular formula is C18H33N5. The van der Waals surface area contributed by atoms with Crippen LogP contribution in [-0.2, 0) is 13.0 Å². The van der Waals surface area contributed by atoms with Crippen molar-refractivity contribution in [2.45, 2.75) is 53.0 Å². The Bertz CT molecular complexity index is 508. The first-order valence-electron chi connectivity index (χ1n) is 9.39. The minimum atomic E-state index is 0.576. The molecule has 2 aliphatic heterocycles. The average molecular weight is 319 g/mol. The quantitative estimate of drug-likeness (QED) is 0.834. The molecule has 0 saturated carbocycles. The van der Waals surface area contributed by atoms with Crippen LogP contribution in [0, 0.1) is 11.8 Å². The number of hydrogen-bond donors (Lipinski definition) is 0. The summed E-state index contributed by atoms with van der Waals surface area (Å²) < 4.78 is 2.43. The van der Waals surface area contributed by atoms with Crippen LogP contribution in [0.4, 0.5) is 0 Å². The molecule has 1 aromatic heterocycles. The molecule has 23 heavy (non-hydrogen) atoms. The van der Waals surface area contributed by atoms with E-state index in [1.807, 2.05) is 0 Å². The van der Waals surface area contributed by atoms with E-state index in [1.165, 1.54) is 37.7 Å². The van der Waals surface area contributed by atoms with Gasteiger partial charge in [0.05, 0.1) is 0 Å². The summed E-state index contributed by atoms with van der Waals surface area (Å²) in [6.45, 7) is 17.3. The van der Waals surface area contributed by atoms with Crippen molar-refractivity contribution in [3.63, 3.8) is 0 Å². The van der Waals surface area contributed by atoms with Crippen molar-refractivity contribution < 1.29 is 0 Å². The predicted octanol–water partition coefficient (Wildman–Crippen LogP) is 2.24. The van der Waals surface area contributed by atoms with E-state index in [-0.39, 0.29) is 0 Å². The van der Waals surface area contributed by atoms with Crippen LogP contribution < -0.4 is 0 Å². The molecule has 1 unspecified atom stereocenters. The van der Waals surface area contributed by atoms with Crippen LogP contribution in [0.3, 0.4) is 0 Å². The van der Waals surface area contributed by atoms with Gasteiger partial charge in [0.15, 0.2) is 0 Å². The first kappa shape index (κ1) is 16.9. The van der Waals surface area contributed by atoms with E-state index in [2.05, 4.69) is 52.3 Å². The Balaban J connectivity index is 1.65. The Labute approximate surface area is 141 Å². The maximum atomic E-state index is 4.59. The van der Waals surface area contributed by atoms with Gasteiger partial charge in [0.25, 0.3) is 0 Å². The molecule has 0 bridgehead atoms. The second kappa shape index (κ2) is 7.31. The third kappa shape index (κ3) is 4.13. The molecule has 5 nitrogen and oxygen atoms in total. The largest absolute Gasteiger partial charge is 0.313 e. The molecule has 0 aliphatic carbocycles. The summed E-state index contributed by atoms with van der Waals surface area (Å²) in [5, 5.41) is 9.12. The molecule has 1 aromatic rings. The molecule has 3 heterocycles. The molecule has 0 radical (unpaired) electrons. The van der Waals surface area contributed by atoms with Gasteiger partial charge in [-0.2, -0.15) is 0 Å². The summed E-state index contributed by atoms with van der Waals surface area (Å²) in [6.07, 6.45) is 2.28. The lowest BCUT2D eigenvalue weighted by atomic mass is 10.1. The van der Waals surface area contributed by atoms with E-state index in [1.54, 1.807) is 0 Å². The van der Waals surface area contributed by atoms with Crippen LogP contribution in [-0.4, -0.2) is 63.8 Å². The second-order valence-electron chi connectivity index (χ2n) is 8.21. The fourth-order valence-corrected chi connectivity index (χ4v) is 4.12. The van der Waals surface area contributed by atoms with Crippen molar-refractivity contribution in [2.24, 2.45) is 11.8 Å². The third-order valence-electron chi connectivity index (χ3n) is 5.03. The highest BCUT2D eigenvalue weighted by atomic mass is 15.3. The first-order chi connectivity index (χ1) is 11.0. The van der Waals surface area contributed by atoms with Crippen molar-refractivity contribution >= 4 is 0 Å². The first-order valence-corrected chi connectivity index (χ1v) is 9.39. The minimum Gasteiger partial charge on any atom is -0.313 e. The zero-order valence-corrected chi connectivity index (χ0v) is 15.3. The van der Waals surface area contributed by atoms with Crippen LogP contribution in [0.1, 0.15) is 51.7 Å². The second-order valence-corrected chi connectivity index (χ2v) is 8.21. The van der Waals surface area contributed by atoms with E-state index in [0.717, 1.165) is 44.4 Å². The van der Waals surface area contributed by atoms with Gasteiger partial charge in [-0.15, -0.1) is 10.2 Å². The molecule has 2 aliphatic rings. The summed E-state index contributed by atoms with van der Waals surface area (Å²) in [6, 6.07) is 0. The maximum absolute atomic E-state index is 4.59. The molecule has 1 fully saturated rings. The molecule has 5 heteroatoms. The van der Waals surface area contributed by atoms with Crippen LogP contribution in [0.25, 0.3) is 0 Å². The smallest absolute Gasteiger partial charge is 0.137 e. The zero-order valence-electron chi connectivity index (χ0n) is 15.3. The van der Waals surface area contributed by atoms with Crippen molar-refractivity contribution in [3.8, 4) is 0 Å². The van der Waals surface area contributed by atoms with Crippen molar-refractivity contribution in [3.05, 3.63) is 11.6 Å². The van der Waals surface area contributed by atoms with Gasteiger partial charge in [0.1, 0.15) is 11.6 Å². The summed E-state index contributed by atoms with van der Waals surface area (Å²) in [7, 11) is 0. The number of rotatable bonds is 5. The lowest BCUT2D eigenvalue weighted by Gasteiger charge is -2.22. The summed E-state index contributed by atoms with van der Waals surface area (Å²) >= 11 is 0. The molecule has 1 saturated heterocycles. The van der Waals surface area contributed by atoms with Crippen molar-refractivity contribution in [1.29, 1.82) is 0 Å². The van der Waals surface area contributed by atoms with Gasteiger partial charge in [-0.05, 0) is 24.8 Å². The number of fused-ring (bicyclic) bond motifs is 1. The van der Waals surface area contributed by atoms with E-state index in [9.17, 15) is 0 Å². The van der Waals surface area contributed by atoms with E-state index < -0.39 is 0 Å². The summed E-state index contributed by atoms with van der Waals surface area (Å²) in [4.78, 5) is 5.18. The van der Waals surface area contributed by atoms with Gasteiger partial charge in [0.2, 0.25) is 0 Å². The Kier molecular flexibility index (Phi) is 5.37. The lowest BCUT2D eigenvalue weighted by Crippen LogP contribution is -2.31. The highest BCUT2D eigenvalue weighted by Crippen LogP contribution is 2.27. The van der Waals surface area contributed by atoms with E-state index in [0.29, 0.717) is 5.92 Å². The van der Waals surface area contributed by atoms with E-state index in [4.69, 9.17) is 0 Å². The molecule has 0 amide bonds. The Hall–Kier alpha value is -0.940. The predicted molar refractivity (Wildman–Crippen MR) is 93.6 cm³/mol. The Morgan fingerprint density at radius 3 is 2.39 bits per heavy atom. The topological polar surface area (TPSA) is 37.2 Å². The highest BCUT2D eigenvalue weighted by molar-refractivity contribution is 5.07. The van der Waals surface area contributed by atoms with Crippen LogP contribution in [0.5, 0.6) is 0 Å². The average Bonchev–Trinajstić information content (AvgIpc) is 3.02. The highest BCUT2D eigenvalue weighted by Gasteiger charge is 2.30. The normalized spacial score (nSPS) is 23.7. The van der Waals surface area contributed by atoms with Gasteiger partial charge >= 0.3 is 0 Å². The van der Waals surface area contributed by atoms with Gasteiger partial charge in [-0.25, -0.2) is 0 Å². The van der Waals surface area contributed by atoms with Gasteiger partial charge < -0.3 is 14.4 Å². The SMILES string of the molecule is CC(C)CN1CCc2nnc(C3CCN(CC(C)C)C3)n2CC1. The lowest BCUT2D eigenvalue weighted by molar-refractivity contribution is 0.248. The molecule has 3 rings (SSSR count). The molecule has 0 aromatic carbocycles. The van der Waals surface area contributed by atoms with Gasteiger partial charge in [-0.3, -0.25) is 0 Å². The van der Waals surface area contributed by atoms with Crippen LogP contribution >= 0.6 is 0 Å². The van der Waals surface area contributed by atoms with Crippen LogP contribution in [0.2, 0.25) is 0 Å². The fraction of sp³-hybridized carbons (Fsp3) is 0.889. The Morgan fingerprint density at radius 2 is 1.65 bits per heavy atom. The number of nitrogens with zero attached hydrogens (tertiary/aromatic N) is 5. The minimum absolute atomic E-state index is 0.576. The van der Waals surface area contributed by atoms with Crippen LogP contribution in [0.15, 0.2) is 0 Å². The Morgan fingerprint density at radius 1 is 0.913 bits per heavy atom. The molecule has 0 spiro atoms. The zero-order chi connectivity index (χ0) is 16.4. The summed E-state index contributed by atoms with van der Waals surface area (Å²) in [5.41, 5.74) is 0. The van der Waals surface area contributed by atoms with Crippen molar-refractivity contribution in [2.75, 3.05) is 39.3 Å².